The van der Waals surface area contributed by atoms with E-state index in [1.54, 1.807) is 12.3 Å². The maximum absolute atomic E-state index is 12.2. The van der Waals surface area contributed by atoms with Gasteiger partial charge in [-0.25, -0.2) is 0 Å². The van der Waals surface area contributed by atoms with Crippen LogP contribution in [0.4, 0.5) is 13.2 Å². The van der Waals surface area contributed by atoms with Gasteiger partial charge in [-0.2, -0.15) is 18.3 Å². The van der Waals surface area contributed by atoms with E-state index in [2.05, 4.69) is 5.10 Å². The molecule has 0 aliphatic rings. The minimum absolute atomic E-state index is 0.0178. The number of aromatic nitrogens is 2. The maximum Gasteiger partial charge on any atom is 0.406 e. The molecule has 0 unspecified atom stereocenters. The van der Waals surface area contributed by atoms with Gasteiger partial charge in [0.2, 0.25) is 5.91 Å². The molecule has 0 aliphatic carbocycles. The van der Waals surface area contributed by atoms with Crippen LogP contribution in [0.3, 0.4) is 0 Å². The number of carbonyl (C=O) groups excluding carboxylic acids is 1. The Balaban J connectivity index is 2.73. The third kappa shape index (κ3) is 3.76. The molecule has 1 atom stereocenters. The second-order valence-electron chi connectivity index (χ2n) is 3.63. The zero-order chi connectivity index (χ0) is 13.1. The van der Waals surface area contributed by atoms with E-state index in [-0.39, 0.29) is 6.54 Å². The van der Waals surface area contributed by atoms with Crippen LogP contribution in [-0.4, -0.2) is 39.9 Å². The summed E-state index contributed by atoms with van der Waals surface area (Å²) in [5, 5.41) is 3.84. The molecule has 0 fully saturated rings. The highest BCUT2D eigenvalue weighted by atomic mass is 19.4. The molecule has 0 aromatic carbocycles. The first kappa shape index (κ1) is 13.5. The SMILES string of the molecule is CCN(CC(F)(F)F)C(=O)[C@H](C)n1cccn1. The number of nitrogens with zero attached hydrogens (tertiary/aromatic N) is 3. The Morgan fingerprint density at radius 1 is 1.53 bits per heavy atom. The Bertz CT molecular complexity index is 361. The minimum Gasteiger partial charge on any atom is -0.332 e. The maximum atomic E-state index is 12.2. The van der Waals surface area contributed by atoms with Gasteiger partial charge in [0.25, 0.3) is 0 Å². The van der Waals surface area contributed by atoms with Gasteiger partial charge >= 0.3 is 6.18 Å². The van der Waals surface area contributed by atoms with E-state index in [4.69, 9.17) is 0 Å². The molecule has 4 nitrogen and oxygen atoms in total. The van der Waals surface area contributed by atoms with E-state index in [1.165, 1.54) is 24.7 Å². The fourth-order valence-electron chi connectivity index (χ4n) is 1.45. The number of hydrogen-bond donors (Lipinski definition) is 0. The lowest BCUT2D eigenvalue weighted by atomic mass is 10.3. The second-order valence-corrected chi connectivity index (χ2v) is 3.63. The van der Waals surface area contributed by atoms with Gasteiger partial charge in [0.1, 0.15) is 12.6 Å². The number of hydrogen-bond acceptors (Lipinski definition) is 2. The van der Waals surface area contributed by atoms with E-state index in [0.717, 1.165) is 4.90 Å². The van der Waals surface area contributed by atoms with Crippen molar-refractivity contribution in [2.75, 3.05) is 13.1 Å². The van der Waals surface area contributed by atoms with Crippen LogP contribution in [0.1, 0.15) is 19.9 Å². The van der Waals surface area contributed by atoms with Crippen LogP contribution in [-0.2, 0) is 4.79 Å². The van der Waals surface area contributed by atoms with Gasteiger partial charge in [-0.3, -0.25) is 9.48 Å². The van der Waals surface area contributed by atoms with Crippen LogP contribution in [0.15, 0.2) is 18.5 Å². The molecule has 7 heteroatoms. The number of likely N-dealkylation sites (N-methyl/N-ethyl adjacent to an activating group) is 1. The first-order valence-electron chi connectivity index (χ1n) is 5.20. The zero-order valence-electron chi connectivity index (χ0n) is 9.61. The summed E-state index contributed by atoms with van der Waals surface area (Å²) in [5.74, 6) is -0.589. The van der Waals surface area contributed by atoms with Crippen LogP contribution in [0, 0.1) is 0 Å². The van der Waals surface area contributed by atoms with Crippen molar-refractivity contribution < 1.29 is 18.0 Å². The van der Waals surface area contributed by atoms with Crippen LogP contribution in [0.2, 0.25) is 0 Å². The first-order valence-corrected chi connectivity index (χ1v) is 5.20. The normalized spacial score (nSPS) is 13.5. The second kappa shape index (κ2) is 5.20. The first-order chi connectivity index (χ1) is 7.85. The molecule has 96 valence electrons. The van der Waals surface area contributed by atoms with Crippen LogP contribution < -0.4 is 0 Å². The van der Waals surface area contributed by atoms with Gasteiger partial charge in [-0.1, -0.05) is 0 Å². The lowest BCUT2D eigenvalue weighted by molar-refractivity contribution is -0.162. The number of rotatable bonds is 4. The van der Waals surface area contributed by atoms with E-state index in [1.807, 2.05) is 0 Å². The quantitative estimate of drug-likeness (QED) is 0.816. The molecule has 0 spiro atoms. The Morgan fingerprint density at radius 3 is 2.59 bits per heavy atom. The average Bonchev–Trinajstić information content (AvgIpc) is 2.75. The number of alkyl halides is 3. The summed E-state index contributed by atoms with van der Waals surface area (Å²) in [7, 11) is 0. The Morgan fingerprint density at radius 2 is 2.18 bits per heavy atom. The summed E-state index contributed by atoms with van der Waals surface area (Å²) in [5.41, 5.74) is 0. The minimum atomic E-state index is -4.38. The van der Waals surface area contributed by atoms with Crippen molar-refractivity contribution in [3.8, 4) is 0 Å². The molecule has 0 saturated heterocycles. The highest BCUT2D eigenvalue weighted by Gasteiger charge is 2.34. The van der Waals surface area contributed by atoms with Gasteiger partial charge in [-0.05, 0) is 19.9 Å². The largest absolute Gasteiger partial charge is 0.406 e. The highest BCUT2D eigenvalue weighted by Crippen LogP contribution is 2.18. The number of carbonyl (C=O) groups is 1. The van der Waals surface area contributed by atoms with Crippen molar-refractivity contribution in [2.45, 2.75) is 26.1 Å². The monoisotopic (exact) mass is 249 g/mol. The fraction of sp³-hybridized carbons (Fsp3) is 0.600. The summed E-state index contributed by atoms with van der Waals surface area (Å²) >= 11 is 0. The summed E-state index contributed by atoms with van der Waals surface area (Å²) in [6, 6.07) is 0.886. The molecule has 17 heavy (non-hydrogen) atoms. The third-order valence-electron chi connectivity index (χ3n) is 2.34. The predicted molar refractivity (Wildman–Crippen MR) is 55.2 cm³/mol. The lowest BCUT2D eigenvalue weighted by Crippen LogP contribution is -2.42. The molecule has 1 heterocycles. The molecular formula is C10H14F3N3O. The highest BCUT2D eigenvalue weighted by molar-refractivity contribution is 5.80. The van der Waals surface area contributed by atoms with E-state index >= 15 is 0 Å². The van der Waals surface area contributed by atoms with E-state index in [9.17, 15) is 18.0 Å². The summed E-state index contributed by atoms with van der Waals surface area (Å²) in [4.78, 5) is 12.6. The molecule has 1 aromatic heterocycles. The molecule has 0 bridgehead atoms. The van der Waals surface area contributed by atoms with Gasteiger partial charge in [0.15, 0.2) is 0 Å². The van der Waals surface area contributed by atoms with Gasteiger partial charge in [0, 0.05) is 18.9 Å². The summed E-state index contributed by atoms with van der Waals surface area (Å²) in [6.07, 6.45) is -1.36. The molecule has 1 aromatic rings. The molecule has 0 saturated carbocycles. The fourth-order valence-corrected chi connectivity index (χ4v) is 1.45. The summed E-state index contributed by atoms with van der Waals surface area (Å²) in [6.45, 7) is 1.83. The molecule has 0 radical (unpaired) electrons. The predicted octanol–water partition coefficient (Wildman–Crippen LogP) is 1.85. The van der Waals surface area contributed by atoms with Crippen LogP contribution in [0.25, 0.3) is 0 Å². The standard InChI is InChI=1S/C10H14F3N3O/c1-3-15(7-10(11,12)13)9(17)8(2)16-6-4-5-14-16/h4-6,8H,3,7H2,1-2H3/t8-/m0/s1. The Hall–Kier alpha value is -1.53. The van der Waals surface area contributed by atoms with E-state index in [0.29, 0.717) is 0 Å². The average molecular weight is 249 g/mol. The summed E-state index contributed by atoms with van der Waals surface area (Å²) < 4.78 is 38.1. The smallest absolute Gasteiger partial charge is 0.332 e. The van der Waals surface area contributed by atoms with E-state index < -0.39 is 24.7 Å². The van der Waals surface area contributed by atoms with Crippen molar-refractivity contribution in [2.24, 2.45) is 0 Å². The molecule has 1 amide bonds. The third-order valence-corrected chi connectivity index (χ3v) is 2.34. The Labute approximate surface area is 97.0 Å². The van der Waals surface area contributed by atoms with Crippen molar-refractivity contribution in [1.82, 2.24) is 14.7 Å². The Kier molecular flexibility index (Phi) is 4.14. The van der Waals surface area contributed by atoms with Crippen molar-refractivity contribution in [3.05, 3.63) is 18.5 Å². The van der Waals surface area contributed by atoms with Gasteiger partial charge < -0.3 is 4.90 Å². The molecular weight excluding hydrogens is 235 g/mol. The number of amides is 1. The zero-order valence-corrected chi connectivity index (χ0v) is 9.61. The number of halogens is 3. The van der Waals surface area contributed by atoms with Crippen molar-refractivity contribution in [1.29, 1.82) is 0 Å². The van der Waals surface area contributed by atoms with Gasteiger partial charge in [-0.15, -0.1) is 0 Å². The van der Waals surface area contributed by atoms with Crippen molar-refractivity contribution >= 4 is 5.91 Å². The topological polar surface area (TPSA) is 38.1 Å². The van der Waals surface area contributed by atoms with Crippen molar-refractivity contribution in [3.63, 3.8) is 0 Å². The molecule has 1 rings (SSSR count). The molecule has 0 aliphatic heterocycles. The van der Waals surface area contributed by atoms with Crippen LogP contribution >= 0.6 is 0 Å². The van der Waals surface area contributed by atoms with Crippen LogP contribution in [0.5, 0.6) is 0 Å². The lowest BCUT2D eigenvalue weighted by Gasteiger charge is -2.25. The van der Waals surface area contributed by atoms with Gasteiger partial charge in [0.05, 0.1) is 0 Å². The molecule has 0 N–H and O–H groups in total.